The van der Waals surface area contributed by atoms with E-state index in [2.05, 4.69) is 4.98 Å². The minimum absolute atomic E-state index is 0.285. The van der Waals surface area contributed by atoms with Crippen LogP contribution in [-0.2, 0) is 17.9 Å². The fraction of sp³-hybridized carbons (Fsp3) is 0.263. The van der Waals surface area contributed by atoms with Gasteiger partial charge in [-0.25, -0.2) is 14.2 Å². The quantitative estimate of drug-likeness (QED) is 0.637. The smallest absolute Gasteiger partial charge is 0.356 e. The second kappa shape index (κ2) is 7.34. The highest BCUT2D eigenvalue weighted by molar-refractivity contribution is 5.93. The first-order valence-corrected chi connectivity index (χ1v) is 8.15. The molecule has 0 N–H and O–H groups in total. The van der Waals surface area contributed by atoms with Crippen molar-refractivity contribution < 1.29 is 18.7 Å². The first kappa shape index (κ1) is 17.0. The fourth-order valence-corrected chi connectivity index (χ4v) is 2.64. The highest BCUT2D eigenvalue weighted by atomic mass is 19.1. The summed E-state index contributed by atoms with van der Waals surface area (Å²) in [5.41, 5.74) is 2.13. The minimum atomic E-state index is -0.433. The van der Waals surface area contributed by atoms with Crippen molar-refractivity contribution in [1.29, 1.82) is 0 Å². The van der Waals surface area contributed by atoms with Gasteiger partial charge in [-0.05, 0) is 44.2 Å². The number of halogens is 1. The zero-order valence-electron chi connectivity index (χ0n) is 14.2. The highest BCUT2D eigenvalue weighted by Gasteiger charge is 2.14. The van der Waals surface area contributed by atoms with Crippen LogP contribution < -0.4 is 4.74 Å². The second-order valence-electron chi connectivity index (χ2n) is 5.49. The molecule has 5 nitrogen and oxygen atoms in total. The molecule has 0 radical (unpaired) electrons. The Balaban J connectivity index is 1.88. The van der Waals surface area contributed by atoms with E-state index in [4.69, 9.17) is 9.47 Å². The molecule has 0 aliphatic rings. The summed E-state index contributed by atoms with van der Waals surface area (Å²) < 4.78 is 25.7. The summed E-state index contributed by atoms with van der Waals surface area (Å²) >= 11 is 0. The van der Waals surface area contributed by atoms with E-state index in [1.54, 1.807) is 31.3 Å². The number of esters is 1. The number of rotatable bonds is 6. The summed E-state index contributed by atoms with van der Waals surface area (Å²) in [6.45, 7) is 5.17. The zero-order valence-corrected chi connectivity index (χ0v) is 14.2. The molecule has 2 heterocycles. The maximum atomic E-state index is 13.0. The van der Waals surface area contributed by atoms with Crippen LogP contribution in [0.1, 0.15) is 29.9 Å². The van der Waals surface area contributed by atoms with Crippen molar-refractivity contribution in [3.8, 4) is 5.75 Å². The molecule has 2 aromatic heterocycles. The van der Waals surface area contributed by atoms with E-state index in [-0.39, 0.29) is 11.5 Å². The molecular formula is C19H19FN2O3. The minimum Gasteiger partial charge on any atom is -0.489 e. The van der Waals surface area contributed by atoms with Crippen molar-refractivity contribution in [2.24, 2.45) is 0 Å². The molecule has 3 rings (SSSR count). The molecule has 0 unspecified atom stereocenters. The van der Waals surface area contributed by atoms with Crippen molar-refractivity contribution in [3.63, 3.8) is 0 Å². The van der Waals surface area contributed by atoms with E-state index >= 15 is 0 Å². The molecular weight excluding hydrogens is 323 g/mol. The molecule has 0 saturated carbocycles. The summed E-state index contributed by atoms with van der Waals surface area (Å²) in [7, 11) is 0. The van der Waals surface area contributed by atoms with Crippen molar-refractivity contribution in [2.75, 3.05) is 6.61 Å². The Bertz CT molecular complexity index is 888. The van der Waals surface area contributed by atoms with Crippen LogP contribution in [0, 0.1) is 5.82 Å². The lowest BCUT2D eigenvalue weighted by molar-refractivity contribution is 0.0519. The van der Waals surface area contributed by atoms with Crippen LogP contribution in [0.5, 0.6) is 5.75 Å². The highest BCUT2D eigenvalue weighted by Crippen LogP contribution is 2.24. The van der Waals surface area contributed by atoms with Crippen molar-refractivity contribution in [1.82, 2.24) is 9.55 Å². The monoisotopic (exact) mass is 342 g/mol. The van der Waals surface area contributed by atoms with Gasteiger partial charge in [-0.2, -0.15) is 0 Å². The summed E-state index contributed by atoms with van der Waals surface area (Å²) in [6, 6.07) is 7.63. The number of aromatic nitrogens is 2. The maximum absolute atomic E-state index is 13.0. The Kier molecular flexibility index (Phi) is 4.97. The molecule has 0 fully saturated rings. The first-order chi connectivity index (χ1) is 12.1. The van der Waals surface area contributed by atoms with Gasteiger partial charge in [0.05, 0.1) is 12.1 Å². The lowest BCUT2D eigenvalue weighted by Gasteiger charge is -2.05. The lowest BCUT2D eigenvalue weighted by Crippen LogP contribution is -2.07. The topological polar surface area (TPSA) is 53.4 Å². The number of hydrogen-bond donors (Lipinski definition) is 0. The predicted octanol–water partition coefficient (Wildman–Crippen LogP) is 3.95. The summed E-state index contributed by atoms with van der Waals surface area (Å²) in [5, 5.41) is 0.914. The second-order valence-corrected chi connectivity index (χ2v) is 5.49. The molecule has 0 aliphatic carbocycles. The van der Waals surface area contributed by atoms with Crippen molar-refractivity contribution in [2.45, 2.75) is 27.0 Å². The molecule has 3 aromatic rings. The van der Waals surface area contributed by atoms with Gasteiger partial charge < -0.3 is 14.0 Å². The molecule has 1 aromatic carbocycles. The number of nitrogens with zero attached hydrogens (tertiary/aromatic N) is 2. The van der Waals surface area contributed by atoms with E-state index in [0.717, 1.165) is 23.0 Å². The van der Waals surface area contributed by atoms with Crippen molar-refractivity contribution >= 4 is 16.9 Å². The fourth-order valence-electron chi connectivity index (χ4n) is 2.64. The normalized spacial score (nSPS) is 10.8. The molecule has 0 spiro atoms. The molecule has 0 bridgehead atoms. The van der Waals surface area contributed by atoms with Gasteiger partial charge in [0.1, 0.15) is 23.9 Å². The maximum Gasteiger partial charge on any atom is 0.356 e. The van der Waals surface area contributed by atoms with Crippen LogP contribution in [0.25, 0.3) is 10.9 Å². The van der Waals surface area contributed by atoms with Crippen molar-refractivity contribution in [3.05, 3.63) is 59.8 Å². The average molecular weight is 342 g/mol. The molecule has 130 valence electrons. The number of aryl methyl sites for hydroxylation is 1. The molecule has 25 heavy (non-hydrogen) atoms. The van der Waals surface area contributed by atoms with Gasteiger partial charge >= 0.3 is 5.97 Å². The van der Waals surface area contributed by atoms with Crippen LogP contribution in [0.2, 0.25) is 0 Å². The van der Waals surface area contributed by atoms with Gasteiger partial charge in [-0.1, -0.05) is 0 Å². The standard InChI is InChI=1S/C19H19FN2O3/c1-3-22-11-13(12-25-15-7-5-14(20)6-8-15)16-10-21-17(9-18(16)22)19(23)24-4-2/h5-11H,3-4,12H2,1-2H3. The molecule has 0 atom stereocenters. The number of fused-ring (bicyclic) bond motifs is 1. The van der Waals surface area contributed by atoms with E-state index in [1.807, 2.05) is 17.7 Å². The van der Waals surface area contributed by atoms with Crippen LogP contribution >= 0.6 is 0 Å². The van der Waals surface area contributed by atoms with E-state index < -0.39 is 5.97 Å². The van der Waals surface area contributed by atoms with Gasteiger partial charge in [0.15, 0.2) is 0 Å². The number of carbonyl (C=O) groups excluding carboxylic acids is 1. The average Bonchev–Trinajstić information content (AvgIpc) is 2.98. The third kappa shape index (κ3) is 3.63. The lowest BCUT2D eigenvalue weighted by atomic mass is 10.2. The van der Waals surface area contributed by atoms with Crippen LogP contribution in [0.4, 0.5) is 4.39 Å². The summed E-state index contributed by atoms with van der Waals surface area (Å²) in [5.74, 6) is -0.141. The first-order valence-electron chi connectivity index (χ1n) is 8.15. The molecule has 0 aliphatic heterocycles. The third-order valence-corrected chi connectivity index (χ3v) is 3.88. The number of ether oxygens (including phenoxy) is 2. The Hall–Kier alpha value is -2.89. The zero-order chi connectivity index (χ0) is 17.8. The summed E-state index contributed by atoms with van der Waals surface area (Å²) in [6.07, 6.45) is 3.64. The molecule has 6 heteroatoms. The van der Waals surface area contributed by atoms with Gasteiger partial charge in [0.25, 0.3) is 0 Å². The van der Waals surface area contributed by atoms with Gasteiger partial charge in [-0.3, -0.25) is 0 Å². The third-order valence-electron chi connectivity index (χ3n) is 3.88. The van der Waals surface area contributed by atoms with E-state index in [1.165, 1.54) is 12.1 Å². The largest absolute Gasteiger partial charge is 0.489 e. The molecule has 0 saturated heterocycles. The van der Waals surface area contributed by atoms with Gasteiger partial charge in [-0.15, -0.1) is 0 Å². The number of carbonyl (C=O) groups is 1. The number of hydrogen-bond acceptors (Lipinski definition) is 4. The van der Waals surface area contributed by atoms with E-state index in [9.17, 15) is 9.18 Å². The predicted molar refractivity (Wildman–Crippen MR) is 92.1 cm³/mol. The summed E-state index contributed by atoms with van der Waals surface area (Å²) in [4.78, 5) is 16.1. The molecule has 0 amide bonds. The Morgan fingerprint density at radius 3 is 2.68 bits per heavy atom. The van der Waals surface area contributed by atoms with Crippen LogP contribution in [0.15, 0.2) is 42.7 Å². The number of benzene rings is 1. The van der Waals surface area contributed by atoms with Gasteiger partial charge in [0, 0.05) is 29.9 Å². The van der Waals surface area contributed by atoms with Crippen LogP contribution in [0.3, 0.4) is 0 Å². The SMILES string of the molecule is CCOC(=O)c1cc2c(cn1)c(COc1ccc(F)cc1)cn2CC. The van der Waals surface area contributed by atoms with Crippen LogP contribution in [-0.4, -0.2) is 22.1 Å². The van der Waals surface area contributed by atoms with E-state index in [0.29, 0.717) is 19.0 Å². The Morgan fingerprint density at radius 1 is 1.24 bits per heavy atom. The Labute approximate surface area is 145 Å². The Morgan fingerprint density at radius 2 is 2.00 bits per heavy atom. The number of pyridine rings is 1. The van der Waals surface area contributed by atoms with Gasteiger partial charge in [0.2, 0.25) is 0 Å².